The zero-order valence-electron chi connectivity index (χ0n) is 18.5. The van der Waals surface area contributed by atoms with Gasteiger partial charge >= 0.3 is 0 Å². The molecule has 3 N–H and O–H groups in total. The number of nitrogens with one attached hydrogen (secondary N) is 1. The van der Waals surface area contributed by atoms with Crippen LogP contribution in [0.1, 0.15) is 35.2 Å². The quantitative estimate of drug-likeness (QED) is 0.349. The Labute approximate surface area is 203 Å². The first-order chi connectivity index (χ1) is 15.9. The van der Waals surface area contributed by atoms with Crippen LogP contribution in [0.25, 0.3) is 0 Å². The van der Waals surface area contributed by atoms with Gasteiger partial charge in [-0.05, 0) is 38.0 Å². The average Bonchev–Trinajstić information content (AvgIpc) is 3.37. The summed E-state index contributed by atoms with van der Waals surface area (Å²) in [6.07, 6.45) is 5.61. The van der Waals surface area contributed by atoms with Gasteiger partial charge < -0.3 is 20.1 Å². The molecule has 0 spiro atoms. The van der Waals surface area contributed by atoms with Gasteiger partial charge in [-0.3, -0.25) is 10.4 Å². The van der Waals surface area contributed by atoms with Crippen molar-refractivity contribution in [1.82, 2.24) is 9.97 Å². The third-order valence-corrected chi connectivity index (χ3v) is 6.51. The molecule has 2 aromatic heterocycles. The molecular weight excluding hydrogens is 461 g/mol. The van der Waals surface area contributed by atoms with Crippen molar-refractivity contribution in [1.29, 1.82) is 5.41 Å². The third-order valence-electron chi connectivity index (χ3n) is 5.69. The maximum Gasteiger partial charge on any atom is 0.162 e. The van der Waals surface area contributed by atoms with Crippen LogP contribution in [0.3, 0.4) is 0 Å². The number of methoxy groups -OCH3 is 1. The molecule has 0 radical (unpaired) electrons. The Morgan fingerprint density at radius 2 is 1.88 bits per heavy atom. The number of aryl methyl sites for hydroxylation is 1. The summed E-state index contributed by atoms with van der Waals surface area (Å²) in [6, 6.07) is 7.18. The molecule has 0 amide bonds. The highest BCUT2D eigenvalue weighted by atomic mass is 35.5. The fourth-order valence-electron chi connectivity index (χ4n) is 3.78. The zero-order chi connectivity index (χ0) is 23.5. The first-order valence-electron chi connectivity index (χ1n) is 10.6. The first kappa shape index (κ1) is 23.1. The van der Waals surface area contributed by atoms with Crippen LogP contribution in [0.4, 0.5) is 11.5 Å². The van der Waals surface area contributed by atoms with Gasteiger partial charge in [-0.1, -0.05) is 23.2 Å². The van der Waals surface area contributed by atoms with E-state index in [9.17, 15) is 0 Å². The summed E-state index contributed by atoms with van der Waals surface area (Å²) < 4.78 is 11.4. The van der Waals surface area contributed by atoms with E-state index in [2.05, 4.69) is 14.9 Å². The third kappa shape index (κ3) is 4.84. The number of halogens is 2. The predicted molar refractivity (Wildman–Crippen MR) is 132 cm³/mol. The van der Waals surface area contributed by atoms with Gasteiger partial charge in [0.1, 0.15) is 12.4 Å². The second kappa shape index (κ2) is 9.85. The van der Waals surface area contributed by atoms with Gasteiger partial charge in [0, 0.05) is 53.9 Å². The molecule has 1 aliphatic heterocycles. The van der Waals surface area contributed by atoms with Crippen LogP contribution in [-0.2, 0) is 6.61 Å². The van der Waals surface area contributed by atoms with E-state index in [0.717, 1.165) is 18.9 Å². The van der Waals surface area contributed by atoms with Crippen molar-refractivity contribution >= 4 is 40.4 Å². The number of rotatable bonds is 7. The molecule has 33 heavy (non-hydrogen) atoms. The van der Waals surface area contributed by atoms with Crippen molar-refractivity contribution in [2.75, 3.05) is 30.8 Å². The number of ether oxygens (including phenoxy) is 2. The van der Waals surface area contributed by atoms with E-state index >= 15 is 0 Å². The molecular formula is C24H25Cl2N5O2. The van der Waals surface area contributed by atoms with Gasteiger partial charge in [0.15, 0.2) is 11.5 Å². The highest BCUT2D eigenvalue weighted by Crippen LogP contribution is 2.35. The number of anilines is 2. The summed E-state index contributed by atoms with van der Waals surface area (Å²) >= 11 is 12.6. The monoisotopic (exact) mass is 485 g/mol. The summed E-state index contributed by atoms with van der Waals surface area (Å²) in [7, 11) is 1.53. The lowest BCUT2D eigenvalue weighted by Gasteiger charge is -2.18. The van der Waals surface area contributed by atoms with Crippen molar-refractivity contribution in [2.45, 2.75) is 26.4 Å². The van der Waals surface area contributed by atoms with Gasteiger partial charge in [-0.25, -0.2) is 4.98 Å². The average molecular weight is 486 g/mol. The maximum atomic E-state index is 8.73. The van der Waals surface area contributed by atoms with Crippen molar-refractivity contribution in [3.8, 4) is 11.5 Å². The summed E-state index contributed by atoms with van der Waals surface area (Å²) in [5, 5.41) is 9.59. The Kier molecular flexibility index (Phi) is 6.91. The van der Waals surface area contributed by atoms with E-state index in [1.54, 1.807) is 31.5 Å². The molecule has 0 bridgehead atoms. The first-order valence-corrected chi connectivity index (χ1v) is 11.3. The Hall–Kier alpha value is -3.03. The molecule has 1 aliphatic rings. The molecule has 0 unspecified atom stereocenters. The Balaban J connectivity index is 1.60. The number of benzene rings is 1. The van der Waals surface area contributed by atoms with Crippen molar-refractivity contribution < 1.29 is 9.47 Å². The van der Waals surface area contributed by atoms with Crippen LogP contribution in [0.15, 0.2) is 36.7 Å². The molecule has 0 saturated carbocycles. The van der Waals surface area contributed by atoms with Crippen LogP contribution in [0.2, 0.25) is 10.0 Å². The fourth-order valence-corrected chi connectivity index (χ4v) is 4.23. The predicted octanol–water partition coefficient (Wildman–Crippen LogP) is 5.28. The number of hydrogen-bond donors (Lipinski definition) is 2. The largest absolute Gasteiger partial charge is 0.493 e. The highest BCUT2D eigenvalue weighted by Gasteiger charge is 2.18. The minimum Gasteiger partial charge on any atom is -0.493 e. The highest BCUT2D eigenvalue weighted by molar-refractivity contribution is 6.36. The molecule has 0 aliphatic carbocycles. The van der Waals surface area contributed by atoms with Crippen LogP contribution in [0, 0.1) is 12.3 Å². The molecule has 4 rings (SSSR count). The van der Waals surface area contributed by atoms with Crippen molar-refractivity contribution in [3.63, 3.8) is 0 Å². The van der Waals surface area contributed by atoms with Crippen LogP contribution >= 0.6 is 23.2 Å². The minimum absolute atomic E-state index is 0.111. The Bertz CT molecular complexity index is 1180. The second-order valence-electron chi connectivity index (χ2n) is 7.84. The lowest BCUT2D eigenvalue weighted by Crippen LogP contribution is -2.19. The summed E-state index contributed by atoms with van der Waals surface area (Å²) in [5.74, 6) is 1.80. The second-order valence-corrected chi connectivity index (χ2v) is 8.62. The molecule has 1 aromatic carbocycles. The smallest absolute Gasteiger partial charge is 0.162 e. The molecule has 1 saturated heterocycles. The summed E-state index contributed by atoms with van der Waals surface area (Å²) in [5.41, 5.74) is 9.38. The number of hydrogen-bond acceptors (Lipinski definition) is 7. The lowest BCUT2D eigenvalue weighted by atomic mass is 10.0. The standard InChI is InChI=1S/C24H25Cl2N5O2/c1-14-23(26)17(18(25)12-29-14)13-33-21-9-16(19(27)10-20(21)32-2)24(28)15-5-6-22(30-11-15)31-7-3-4-8-31/h5-6,9-12,28H,3-4,7-8,13,27H2,1-2H3. The Morgan fingerprint density at radius 1 is 1.12 bits per heavy atom. The number of nitrogen functional groups attached to an aromatic ring is 1. The number of pyridine rings is 2. The fraction of sp³-hybridized carbons (Fsp3) is 0.292. The van der Waals surface area contributed by atoms with E-state index in [1.165, 1.54) is 20.0 Å². The molecule has 0 atom stereocenters. The van der Waals surface area contributed by atoms with E-state index in [0.29, 0.717) is 49.6 Å². The van der Waals surface area contributed by atoms with Crippen LogP contribution < -0.4 is 20.1 Å². The normalized spacial score (nSPS) is 13.3. The van der Waals surface area contributed by atoms with Crippen LogP contribution in [0.5, 0.6) is 11.5 Å². The van der Waals surface area contributed by atoms with Gasteiger partial charge in [-0.15, -0.1) is 0 Å². The van der Waals surface area contributed by atoms with Crippen molar-refractivity contribution in [2.24, 2.45) is 0 Å². The minimum atomic E-state index is 0.111. The number of aromatic nitrogens is 2. The maximum absolute atomic E-state index is 8.73. The SMILES string of the molecule is COc1cc(N)c(C(=N)c2ccc(N3CCCC3)nc2)cc1OCc1c(Cl)cnc(C)c1Cl. The van der Waals surface area contributed by atoms with E-state index in [1.807, 2.05) is 12.1 Å². The van der Waals surface area contributed by atoms with Gasteiger partial charge in [0.2, 0.25) is 0 Å². The van der Waals surface area contributed by atoms with Crippen molar-refractivity contribution in [3.05, 3.63) is 69.1 Å². The van der Waals surface area contributed by atoms with E-state index in [-0.39, 0.29) is 12.3 Å². The topological polar surface area (TPSA) is 97.4 Å². The van der Waals surface area contributed by atoms with E-state index < -0.39 is 0 Å². The molecule has 1 fully saturated rings. The van der Waals surface area contributed by atoms with Gasteiger partial charge in [-0.2, -0.15) is 0 Å². The van der Waals surface area contributed by atoms with Gasteiger partial charge in [0.05, 0.1) is 28.6 Å². The molecule has 172 valence electrons. The summed E-state index contributed by atoms with van der Waals surface area (Å²) in [6.45, 7) is 3.94. The summed E-state index contributed by atoms with van der Waals surface area (Å²) in [4.78, 5) is 10.9. The van der Waals surface area contributed by atoms with Gasteiger partial charge in [0.25, 0.3) is 0 Å². The van der Waals surface area contributed by atoms with E-state index in [4.69, 9.17) is 43.8 Å². The Morgan fingerprint density at radius 3 is 2.55 bits per heavy atom. The van der Waals surface area contributed by atoms with Crippen LogP contribution in [-0.4, -0.2) is 35.9 Å². The lowest BCUT2D eigenvalue weighted by molar-refractivity contribution is 0.284. The molecule has 7 nitrogen and oxygen atoms in total. The molecule has 9 heteroatoms. The molecule has 3 heterocycles. The zero-order valence-corrected chi connectivity index (χ0v) is 20.0. The number of nitrogens with two attached hydrogens (primary N) is 1. The molecule has 3 aromatic rings. The number of nitrogens with zero attached hydrogens (tertiary/aromatic N) is 3.